The van der Waals surface area contributed by atoms with Crippen molar-refractivity contribution in [3.8, 4) is 0 Å². The molecule has 2 heteroatoms. The third-order valence-electron chi connectivity index (χ3n) is 6.40. The number of hydrogen-bond donors (Lipinski definition) is 1. The third kappa shape index (κ3) is 22.9. The molecule has 0 rings (SSSR count). The minimum absolute atomic E-state index is 0.223. The highest BCUT2D eigenvalue weighted by molar-refractivity contribution is 6.18. The maximum Gasteiger partial charge on any atom is 0.0577 e. The zero-order valence-electron chi connectivity index (χ0n) is 24.1. The number of unbranched alkanes of at least 4 members (excludes halogenated alkanes) is 1. The lowest BCUT2D eigenvalue weighted by Gasteiger charge is -2.10. The summed E-state index contributed by atoms with van der Waals surface area (Å²) < 4.78 is 0. The molecule has 0 aliphatic rings. The van der Waals surface area contributed by atoms with Crippen LogP contribution in [-0.4, -0.2) is 17.1 Å². The molecule has 1 N–H and O–H groups in total. The lowest BCUT2D eigenvalue weighted by Crippen LogP contribution is -2.06. The van der Waals surface area contributed by atoms with E-state index in [1.807, 2.05) is 0 Å². The van der Waals surface area contributed by atoms with Crippen molar-refractivity contribution in [2.24, 2.45) is 0 Å². The van der Waals surface area contributed by atoms with Gasteiger partial charge >= 0.3 is 0 Å². The Labute approximate surface area is 223 Å². The van der Waals surface area contributed by atoms with E-state index in [1.165, 1.54) is 39.9 Å². The third-order valence-corrected chi connectivity index (χ3v) is 6.56. The molecule has 0 saturated carbocycles. The summed E-state index contributed by atoms with van der Waals surface area (Å²) in [6.45, 7) is 15.3. The smallest absolute Gasteiger partial charge is 0.0577 e. The Morgan fingerprint density at radius 1 is 0.571 bits per heavy atom. The van der Waals surface area contributed by atoms with E-state index >= 15 is 0 Å². The quantitative estimate of drug-likeness (QED) is 0.106. The lowest BCUT2D eigenvalue weighted by molar-refractivity contribution is 0.162. The van der Waals surface area contributed by atoms with E-state index in [0.717, 1.165) is 70.6 Å². The average molecular weight is 503 g/mol. The lowest BCUT2D eigenvalue weighted by atomic mass is 10.0. The van der Waals surface area contributed by atoms with Crippen LogP contribution in [0.4, 0.5) is 0 Å². The SMILES string of the molecule is CC(C)=CCCC(C)=CCCC(C)=CCCCC(O)CC(C)=CCCC(C)=CCCC(C)=CCCl. The summed E-state index contributed by atoms with van der Waals surface area (Å²) >= 11 is 5.74. The van der Waals surface area contributed by atoms with Gasteiger partial charge in [-0.1, -0.05) is 69.9 Å². The Hall–Kier alpha value is -1.31. The molecular formula is C33H55ClO. The fourth-order valence-corrected chi connectivity index (χ4v) is 4.29. The number of halogens is 1. The van der Waals surface area contributed by atoms with Crippen LogP contribution in [0.2, 0.25) is 0 Å². The van der Waals surface area contributed by atoms with Crippen LogP contribution in [0.5, 0.6) is 0 Å². The molecule has 0 aromatic carbocycles. The highest BCUT2D eigenvalue weighted by atomic mass is 35.5. The summed E-state index contributed by atoms with van der Waals surface area (Å²) in [5.41, 5.74) is 8.50. The molecule has 1 atom stereocenters. The number of aliphatic hydroxyl groups excluding tert-OH is 1. The van der Waals surface area contributed by atoms with Crippen molar-refractivity contribution in [3.63, 3.8) is 0 Å². The summed E-state index contributed by atoms with van der Waals surface area (Å²) in [5, 5.41) is 10.4. The molecule has 0 aliphatic carbocycles. The summed E-state index contributed by atoms with van der Waals surface area (Å²) in [6, 6.07) is 0. The molecule has 1 nitrogen and oxygen atoms in total. The van der Waals surface area contributed by atoms with Crippen LogP contribution in [0.15, 0.2) is 69.9 Å². The van der Waals surface area contributed by atoms with Crippen molar-refractivity contribution in [1.82, 2.24) is 0 Å². The first-order valence-corrected chi connectivity index (χ1v) is 14.3. The Kier molecular flexibility index (Phi) is 21.1. The van der Waals surface area contributed by atoms with E-state index in [4.69, 9.17) is 11.6 Å². The molecule has 0 amide bonds. The van der Waals surface area contributed by atoms with Gasteiger partial charge in [0.15, 0.2) is 0 Å². The molecule has 1 unspecified atom stereocenters. The van der Waals surface area contributed by atoms with E-state index in [-0.39, 0.29) is 6.10 Å². The van der Waals surface area contributed by atoms with E-state index in [1.54, 1.807) is 0 Å². The van der Waals surface area contributed by atoms with Gasteiger partial charge in [0.25, 0.3) is 0 Å². The number of aliphatic hydroxyl groups is 1. The highest BCUT2D eigenvalue weighted by Gasteiger charge is 2.04. The molecule has 0 bridgehead atoms. The van der Waals surface area contributed by atoms with Gasteiger partial charge in [-0.15, -0.1) is 11.6 Å². The van der Waals surface area contributed by atoms with Crippen LogP contribution in [0.3, 0.4) is 0 Å². The van der Waals surface area contributed by atoms with Gasteiger partial charge in [-0.2, -0.15) is 0 Å². The minimum Gasteiger partial charge on any atom is -0.393 e. The van der Waals surface area contributed by atoms with Crippen molar-refractivity contribution >= 4 is 11.6 Å². The van der Waals surface area contributed by atoms with Crippen LogP contribution >= 0.6 is 11.6 Å². The van der Waals surface area contributed by atoms with Crippen LogP contribution in [0.25, 0.3) is 0 Å². The second kappa shape index (κ2) is 21.9. The molecule has 0 radical (unpaired) electrons. The fraction of sp³-hybridized carbons (Fsp3) is 0.636. The number of alkyl halides is 1. The van der Waals surface area contributed by atoms with Crippen LogP contribution in [0.1, 0.15) is 126 Å². The second-order valence-electron chi connectivity index (χ2n) is 10.6. The van der Waals surface area contributed by atoms with Gasteiger partial charge in [-0.25, -0.2) is 0 Å². The Bertz CT molecular complexity index is 741. The molecule has 0 aliphatic heterocycles. The Morgan fingerprint density at radius 3 is 1.43 bits per heavy atom. The maximum absolute atomic E-state index is 10.4. The van der Waals surface area contributed by atoms with Crippen molar-refractivity contribution in [3.05, 3.63) is 69.9 Å². The largest absolute Gasteiger partial charge is 0.393 e. The second-order valence-corrected chi connectivity index (χ2v) is 10.9. The van der Waals surface area contributed by atoms with Gasteiger partial charge in [0.05, 0.1) is 6.10 Å². The monoisotopic (exact) mass is 502 g/mol. The molecule has 0 heterocycles. The van der Waals surface area contributed by atoms with Gasteiger partial charge in [0, 0.05) is 5.88 Å². The first kappa shape index (κ1) is 33.7. The number of allylic oxidation sites excluding steroid dienone is 11. The average Bonchev–Trinajstić information content (AvgIpc) is 2.76. The zero-order chi connectivity index (χ0) is 26.5. The number of hydrogen-bond acceptors (Lipinski definition) is 1. The van der Waals surface area contributed by atoms with E-state index in [9.17, 15) is 5.11 Å². The summed E-state index contributed by atoms with van der Waals surface area (Å²) in [5.74, 6) is 0.607. The fourth-order valence-electron chi connectivity index (χ4n) is 4.03. The predicted molar refractivity (Wildman–Crippen MR) is 160 cm³/mol. The molecular weight excluding hydrogens is 448 g/mol. The summed E-state index contributed by atoms with van der Waals surface area (Å²) in [6.07, 6.45) is 26.3. The molecule has 35 heavy (non-hydrogen) atoms. The van der Waals surface area contributed by atoms with Gasteiger partial charge < -0.3 is 5.11 Å². The Balaban J connectivity index is 4.08. The zero-order valence-corrected chi connectivity index (χ0v) is 24.8. The van der Waals surface area contributed by atoms with Crippen LogP contribution in [0, 0.1) is 0 Å². The summed E-state index contributed by atoms with van der Waals surface area (Å²) in [7, 11) is 0. The van der Waals surface area contributed by atoms with Crippen molar-refractivity contribution in [1.29, 1.82) is 0 Å². The first-order chi connectivity index (χ1) is 16.6. The van der Waals surface area contributed by atoms with Gasteiger partial charge in [-0.3, -0.25) is 0 Å². The van der Waals surface area contributed by atoms with Crippen LogP contribution < -0.4 is 0 Å². The van der Waals surface area contributed by atoms with Crippen molar-refractivity contribution < 1.29 is 5.11 Å². The normalized spacial score (nSPS) is 14.9. The van der Waals surface area contributed by atoms with E-state index < -0.39 is 0 Å². The number of rotatable bonds is 19. The van der Waals surface area contributed by atoms with Crippen LogP contribution in [-0.2, 0) is 0 Å². The molecule has 0 aromatic rings. The highest BCUT2D eigenvalue weighted by Crippen LogP contribution is 2.16. The van der Waals surface area contributed by atoms with E-state index in [2.05, 4.69) is 84.9 Å². The van der Waals surface area contributed by atoms with Gasteiger partial charge in [-0.05, 0) is 126 Å². The Morgan fingerprint density at radius 2 is 0.971 bits per heavy atom. The summed E-state index contributed by atoms with van der Waals surface area (Å²) in [4.78, 5) is 0. The predicted octanol–water partition coefficient (Wildman–Crippen LogP) is 11.0. The maximum atomic E-state index is 10.4. The standard InChI is InChI=1S/C33H55ClO/c1-27(2)14-10-16-29(4)18-11-17-28(3)15-8-9-23-33(35)26-32(7)22-13-20-30(5)19-12-21-31(6)24-25-34/h14-15,18-19,22,24,33,35H,8-13,16-17,20-21,23,25-26H2,1-7H3. The molecule has 0 fully saturated rings. The van der Waals surface area contributed by atoms with E-state index in [0.29, 0.717) is 5.88 Å². The molecule has 0 aromatic heterocycles. The first-order valence-electron chi connectivity index (χ1n) is 13.8. The molecule has 0 spiro atoms. The molecule has 0 saturated heterocycles. The minimum atomic E-state index is -0.223. The topological polar surface area (TPSA) is 20.2 Å². The van der Waals surface area contributed by atoms with Gasteiger partial charge in [0.2, 0.25) is 0 Å². The molecule has 200 valence electrons. The van der Waals surface area contributed by atoms with Gasteiger partial charge in [0.1, 0.15) is 0 Å². The van der Waals surface area contributed by atoms with Crippen molar-refractivity contribution in [2.45, 2.75) is 132 Å². The van der Waals surface area contributed by atoms with Crippen molar-refractivity contribution in [2.75, 3.05) is 5.88 Å².